The van der Waals surface area contributed by atoms with Crippen molar-refractivity contribution in [3.8, 4) is 5.75 Å². The van der Waals surface area contributed by atoms with Crippen LogP contribution in [0.1, 0.15) is 0 Å². The van der Waals surface area contributed by atoms with Crippen molar-refractivity contribution in [1.29, 1.82) is 0 Å². The Morgan fingerprint density at radius 1 is 1.50 bits per heavy atom. The molecule has 0 amide bonds. The minimum atomic E-state index is -3.07. The Morgan fingerprint density at radius 2 is 2.18 bits per heavy atom. The summed E-state index contributed by atoms with van der Waals surface area (Å²) in [5, 5.41) is 2.98. The van der Waals surface area contributed by atoms with Crippen LogP contribution in [-0.2, 0) is 10.0 Å². The largest absolute Gasteiger partial charge is 0.497 e. The van der Waals surface area contributed by atoms with Crippen LogP contribution in [0.2, 0.25) is 0 Å². The van der Waals surface area contributed by atoms with Crippen LogP contribution in [0.25, 0.3) is 0 Å². The molecule has 0 bridgehead atoms. The van der Waals surface area contributed by atoms with Gasteiger partial charge in [0.2, 0.25) is 10.0 Å². The number of benzene rings is 1. The van der Waals surface area contributed by atoms with E-state index in [-0.39, 0.29) is 29.9 Å². The lowest BCUT2D eigenvalue weighted by Gasteiger charge is -2.36. The summed E-state index contributed by atoms with van der Waals surface area (Å²) in [7, 11) is -1.47. The van der Waals surface area contributed by atoms with E-state index in [1.807, 2.05) is 24.3 Å². The molecule has 0 spiro atoms. The summed E-state index contributed by atoms with van der Waals surface area (Å²) in [4.78, 5) is 4.23. The van der Waals surface area contributed by atoms with Crippen LogP contribution in [-0.4, -0.2) is 51.7 Å². The molecule has 1 aromatic rings. The Kier molecular flexibility index (Phi) is 6.88. The second kappa shape index (κ2) is 7.97. The maximum atomic E-state index is 11.2. The zero-order valence-corrected chi connectivity index (χ0v) is 15.7. The van der Waals surface area contributed by atoms with E-state index in [9.17, 15) is 8.42 Å². The first kappa shape index (κ1) is 19.0. The highest BCUT2D eigenvalue weighted by atomic mass is 127. The van der Waals surface area contributed by atoms with Gasteiger partial charge in [-0.05, 0) is 12.1 Å². The van der Waals surface area contributed by atoms with E-state index in [0.29, 0.717) is 25.6 Å². The molecule has 0 unspecified atom stereocenters. The maximum absolute atomic E-state index is 11.2. The lowest BCUT2D eigenvalue weighted by atomic mass is 10.0. The van der Waals surface area contributed by atoms with Gasteiger partial charge in [0.05, 0.1) is 13.4 Å². The van der Waals surface area contributed by atoms with E-state index >= 15 is 0 Å². The van der Waals surface area contributed by atoms with Crippen LogP contribution >= 0.6 is 24.0 Å². The van der Waals surface area contributed by atoms with Gasteiger partial charge in [-0.15, -0.1) is 24.0 Å². The molecule has 1 aromatic carbocycles. The highest BCUT2D eigenvalue weighted by molar-refractivity contribution is 14.0. The average molecular weight is 440 g/mol. The van der Waals surface area contributed by atoms with E-state index in [1.54, 1.807) is 7.11 Å². The molecular formula is C13H21IN4O3S. The number of nitrogens with zero attached hydrogens (tertiary/aromatic N) is 2. The van der Waals surface area contributed by atoms with Gasteiger partial charge in [0.15, 0.2) is 5.96 Å². The highest BCUT2D eigenvalue weighted by Gasteiger charge is 2.32. The van der Waals surface area contributed by atoms with Crippen molar-refractivity contribution in [2.75, 3.05) is 38.3 Å². The minimum absolute atomic E-state index is 0. The van der Waals surface area contributed by atoms with Gasteiger partial charge in [-0.25, -0.2) is 12.7 Å². The fourth-order valence-electron chi connectivity index (χ4n) is 2.02. The van der Waals surface area contributed by atoms with E-state index < -0.39 is 10.0 Å². The number of hydrogen-bond donors (Lipinski definition) is 2. The summed E-state index contributed by atoms with van der Waals surface area (Å²) >= 11 is 0. The van der Waals surface area contributed by atoms with Crippen molar-refractivity contribution >= 4 is 45.6 Å². The van der Waals surface area contributed by atoms with Crippen LogP contribution in [0.15, 0.2) is 29.3 Å². The van der Waals surface area contributed by atoms with Crippen molar-refractivity contribution in [2.24, 2.45) is 16.6 Å². The molecule has 0 radical (unpaired) electrons. The maximum Gasteiger partial charge on any atom is 0.211 e. The Morgan fingerprint density at radius 3 is 2.77 bits per heavy atom. The molecule has 22 heavy (non-hydrogen) atoms. The molecule has 0 atom stereocenters. The molecule has 9 heteroatoms. The van der Waals surface area contributed by atoms with E-state index in [4.69, 9.17) is 10.5 Å². The predicted molar refractivity (Wildman–Crippen MR) is 98.4 cm³/mol. The first-order chi connectivity index (χ1) is 9.88. The normalized spacial score (nSPS) is 16.5. The minimum Gasteiger partial charge on any atom is -0.497 e. The van der Waals surface area contributed by atoms with Crippen molar-refractivity contribution in [3.63, 3.8) is 0 Å². The average Bonchev–Trinajstić information content (AvgIpc) is 2.35. The predicted octanol–water partition coefficient (Wildman–Crippen LogP) is 0.931. The molecule has 1 aliphatic rings. The third kappa shape index (κ3) is 5.29. The van der Waals surface area contributed by atoms with E-state index in [2.05, 4.69) is 10.3 Å². The standard InChI is InChI=1S/C13H20N4O3S.HI/c1-20-12-5-3-4-11(6-12)16-13(14)15-7-10-8-17(9-10)21(2,18)19;/h3-6,10H,7-9H2,1-2H3,(H3,14,15,16);1H. The molecule has 1 fully saturated rings. The number of guanidine groups is 1. The number of rotatable bonds is 5. The smallest absolute Gasteiger partial charge is 0.211 e. The van der Waals surface area contributed by atoms with Gasteiger partial charge in [0.25, 0.3) is 0 Å². The molecular weight excluding hydrogens is 419 g/mol. The second-order valence-corrected chi connectivity index (χ2v) is 7.01. The summed E-state index contributed by atoms with van der Waals surface area (Å²) in [6, 6.07) is 7.37. The number of nitrogens with two attached hydrogens (primary N) is 1. The summed E-state index contributed by atoms with van der Waals surface area (Å²) in [5.41, 5.74) is 6.60. The lowest BCUT2D eigenvalue weighted by molar-refractivity contribution is 0.209. The lowest BCUT2D eigenvalue weighted by Crippen LogP contribution is -2.50. The number of nitrogens with one attached hydrogen (secondary N) is 1. The zero-order chi connectivity index (χ0) is 15.5. The van der Waals surface area contributed by atoms with Gasteiger partial charge in [-0.3, -0.25) is 4.99 Å². The van der Waals surface area contributed by atoms with Gasteiger partial charge in [0, 0.05) is 37.3 Å². The summed E-state index contributed by atoms with van der Waals surface area (Å²) in [6.45, 7) is 1.53. The summed E-state index contributed by atoms with van der Waals surface area (Å²) < 4.78 is 29.0. The van der Waals surface area contributed by atoms with Crippen LogP contribution in [0, 0.1) is 5.92 Å². The molecule has 3 N–H and O–H groups in total. The first-order valence-electron chi connectivity index (χ1n) is 6.54. The van der Waals surface area contributed by atoms with Crippen molar-refractivity contribution in [3.05, 3.63) is 24.3 Å². The quantitative estimate of drug-likeness (QED) is 0.404. The van der Waals surface area contributed by atoms with Gasteiger partial charge in [0.1, 0.15) is 5.75 Å². The number of methoxy groups -OCH3 is 1. The molecule has 0 aromatic heterocycles. The highest BCUT2D eigenvalue weighted by Crippen LogP contribution is 2.19. The Balaban J connectivity index is 0.00000242. The Labute approximate surface area is 148 Å². The number of halogens is 1. The third-order valence-electron chi connectivity index (χ3n) is 3.25. The second-order valence-electron chi connectivity index (χ2n) is 5.03. The molecule has 1 saturated heterocycles. The van der Waals surface area contributed by atoms with E-state index in [0.717, 1.165) is 11.4 Å². The number of sulfonamides is 1. The van der Waals surface area contributed by atoms with Crippen molar-refractivity contribution in [1.82, 2.24) is 4.31 Å². The number of anilines is 1. The third-order valence-corrected chi connectivity index (χ3v) is 4.49. The molecule has 0 saturated carbocycles. The zero-order valence-electron chi connectivity index (χ0n) is 12.5. The fourth-order valence-corrected chi connectivity index (χ4v) is 2.99. The van der Waals surface area contributed by atoms with Crippen LogP contribution in [0.4, 0.5) is 5.69 Å². The van der Waals surface area contributed by atoms with Gasteiger partial charge < -0.3 is 15.8 Å². The molecule has 0 aliphatic carbocycles. The van der Waals surface area contributed by atoms with Crippen molar-refractivity contribution in [2.45, 2.75) is 0 Å². The van der Waals surface area contributed by atoms with E-state index in [1.165, 1.54) is 10.6 Å². The van der Waals surface area contributed by atoms with Gasteiger partial charge >= 0.3 is 0 Å². The summed E-state index contributed by atoms with van der Waals surface area (Å²) in [6.07, 6.45) is 1.21. The number of ether oxygens (including phenoxy) is 1. The van der Waals surface area contributed by atoms with Gasteiger partial charge in [-0.1, -0.05) is 6.07 Å². The number of aliphatic imine (C=N–C) groups is 1. The first-order valence-corrected chi connectivity index (χ1v) is 8.39. The number of hydrogen-bond acceptors (Lipinski definition) is 4. The van der Waals surface area contributed by atoms with Crippen LogP contribution in [0.3, 0.4) is 0 Å². The molecule has 2 rings (SSSR count). The topological polar surface area (TPSA) is 97.0 Å². The molecule has 7 nitrogen and oxygen atoms in total. The molecule has 124 valence electrons. The summed E-state index contributed by atoms with van der Waals surface area (Å²) in [5.74, 6) is 1.27. The van der Waals surface area contributed by atoms with Gasteiger partial charge in [-0.2, -0.15) is 0 Å². The SMILES string of the molecule is COc1cccc(NC(N)=NCC2CN(S(C)(=O)=O)C2)c1.I. The Bertz CT molecular complexity index is 630. The fraction of sp³-hybridized carbons (Fsp3) is 0.462. The van der Waals surface area contributed by atoms with Crippen LogP contribution in [0.5, 0.6) is 5.75 Å². The van der Waals surface area contributed by atoms with Crippen LogP contribution < -0.4 is 15.8 Å². The monoisotopic (exact) mass is 440 g/mol. The Hall–Kier alpha value is -1.07. The molecule has 1 aliphatic heterocycles. The van der Waals surface area contributed by atoms with Crippen molar-refractivity contribution < 1.29 is 13.2 Å². The molecule has 1 heterocycles.